The Labute approximate surface area is 96.9 Å². The van der Waals surface area contributed by atoms with E-state index in [0.29, 0.717) is 5.46 Å². The fourth-order valence-corrected chi connectivity index (χ4v) is 2.33. The summed E-state index contributed by atoms with van der Waals surface area (Å²) in [6.07, 6.45) is 3.83. The van der Waals surface area contributed by atoms with Crippen LogP contribution in [0.4, 0.5) is 5.69 Å². The zero-order valence-corrected chi connectivity index (χ0v) is 9.69. The maximum atomic E-state index is 9.09. The molecular weight excluding hydrogens is 201 g/mol. The monoisotopic (exact) mass is 219 g/mol. The Morgan fingerprint density at radius 2 is 1.81 bits per heavy atom. The summed E-state index contributed by atoms with van der Waals surface area (Å²) >= 11 is 0. The SMILES string of the molecule is Cc1cc(B(O)O)ccc1N1CCCCC1. The number of anilines is 1. The Morgan fingerprint density at radius 3 is 2.38 bits per heavy atom. The molecule has 3 nitrogen and oxygen atoms in total. The summed E-state index contributed by atoms with van der Waals surface area (Å²) in [5, 5.41) is 18.2. The molecule has 1 fully saturated rings. The van der Waals surface area contributed by atoms with Crippen LogP contribution in [0.5, 0.6) is 0 Å². The average molecular weight is 219 g/mol. The Kier molecular flexibility index (Phi) is 3.51. The molecular formula is C12H18BNO2. The van der Waals surface area contributed by atoms with Crippen molar-refractivity contribution in [1.82, 2.24) is 0 Å². The first kappa shape index (κ1) is 11.5. The van der Waals surface area contributed by atoms with Gasteiger partial charge in [-0.05, 0) is 43.3 Å². The molecule has 1 aromatic rings. The third-order valence-corrected chi connectivity index (χ3v) is 3.22. The second-order valence-corrected chi connectivity index (χ2v) is 4.47. The van der Waals surface area contributed by atoms with E-state index in [1.54, 1.807) is 6.07 Å². The van der Waals surface area contributed by atoms with E-state index in [-0.39, 0.29) is 0 Å². The van der Waals surface area contributed by atoms with Gasteiger partial charge in [-0.2, -0.15) is 0 Å². The fraction of sp³-hybridized carbons (Fsp3) is 0.500. The van der Waals surface area contributed by atoms with Crippen LogP contribution in [0.2, 0.25) is 0 Å². The summed E-state index contributed by atoms with van der Waals surface area (Å²) in [7, 11) is -1.37. The van der Waals surface area contributed by atoms with Gasteiger partial charge in [-0.1, -0.05) is 12.1 Å². The zero-order valence-electron chi connectivity index (χ0n) is 9.69. The van der Waals surface area contributed by atoms with Crippen LogP contribution in [0.1, 0.15) is 24.8 Å². The second-order valence-electron chi connectivity index (χ2n) is 4.47. The molecule has 0 aliphatic carbocycles. The van der Waals surface area contributed by atoms with Gasteiger partial charge < -0.3 is 14.9 Å². The highest BCUT2D eigenvalue weighted by atomic mass is 16.4. The number of hydrogen-bond donors (Lipinski definition) is 2. The van der Waals surface area contributed by atoms with Gasteiger partial charge in [0, 0.05) is 18.8 Å². The first-order valence-electron chi connectivity index (χ1n) is 5.90. The molecule has 1 aliphatic rings. The molecule has 2 N–H and O–H groups in total. The predicted octanol–water partition coefficient (Wildman–Crippen LogP) is 0.665. The molecule has 1 aromatic carbocycles. The lowest BCUT2D eigenvalue weighted by atomic mass is 9.79. The average Bonchev–Trinajstić information content (AvgIpc) is 2.30. The van der Waals surface area contributed by atoms with Gasteiger partial charge in [-0.3, -0.25) is 0 Å². The summed E-state index contributed by atoms with van der Waals surface area (Å²) in [5.74, 6) is 0. The molecule has 16 heavy (non-hydrogen) atoms. The molecule has 2 rings (SSSR count). The minimum absolute atomic E-state index is 0.568. The van der Waals surface area contributed by atoms with Crippen LogP contribution < -0.4 is 10.4 Å². The molecule has 0 spiro atoms. The lowest BCUT2D eigenvalue weighted by Gasteiger charge is -2.30. The maximum absolute atomic E-state index is 9.09. The maximum Gasteiger partial charge on any atom is 0.488 e. The highest BCUT2D eigenvalue weighted by Crippen LogP contribution is 2.22. The molecule has 0 aromatic heterocycles. The van der Waals surface area contributed by atoms with Crippen LogP contribution in [-0.2, 0) is 0 Å². The smallest absolute Gasteiger partial charge is 0.423 e. The van der Waals surface area contributed by atoms with Gasteiger partial charge in [-0.15, -0.1) is 0 Å². The van der Waals surface area contributed by atoms with E-state index in [4.69, 9.17) is 10.0 Å². The molecule has 1 saturated heterocycles. The summed E-state index contributed by atoms with van der Waals surface area (Å²) in [5.41, 5.74) is 2.91. The molecule has 0 bridgehead atoms. The summed E-state index contributed by atoms with van der Waals surface area (Å²) < 4.78 is 0. The molecule has 0 unspecified atom stereocenters. The van der Waals surface area contributed by atoms with Crippen LogP contribution in [-0.4, -0.2) is 30.3 Å². The van der Waals surface area contributed by atoms with Crippen molar-refractivity contribution in [2.24, 2.45) is 0 Å². The van der Waals surface area contributed by atoms with Gasteiger partial charge in [0.1, 0.15) is 0 Å². The third kappa shape index (κ3) is 2.39. The normalized spacial score (nSPS) is 16.3. The van der Waals surface area contributed by atoms with E-state index in [1.165, 1.54) is 24.9 Å². The van der Waals surface area contributed by atoms with Crippen LogP contribution in [0.3, 0.4) is 0 Å². The second kappa shape index (κ2) is 4.89. The van der Waals surface area contributed by atoms with Gasteiger partial charge in [0.25, 0.3) is 0 Å². The number of nitrogens with zero attached hydrogens (tertiary/aromatic N) is 1. The Hall–Kier alpha value is -0.995. The van der Waals surface area contributed by atoms with Gasteiger partial charge in [0.2, 0.25) is 0 Å². The molecule has 1 aliphatic heterocycles. The minimum Gasteiger partial charge on any atom is -0.423 e. The molecule has 0 atom stereocenters. The molecule has 4 heteroatoms. The van der Waals surface area contributed by atoms with E-state index in [9.17, 15) is 0 Å². The van der Waals surface area contributed by atoms with E-state index in [1.807, 2.05) is 19.1 Å². The Balaban J connectivity index is 2.21. The first-order valence-corrected chi connectivity index (χ1v) is 5.90. The van der Waals surface area contributed by atoms with Crippen molar-refractivity contribution in [3.05, 3.63) is 23.8 Å². The van der Waals surface area contributed by atoms with E-state index in [0.717, 1.165) is 18.7 Å². The van der Waals surface area contributed by atoms with Crippen LogP contribution in [0, 0.1) is 6.92 Å². The van der Waals surface area contributed by atoms with Crippen molar-refractivity contribution in [1.29, 1.82) is 0 Å². The van der Waals surface area contributed by atoms with Crippen molar-refractivity contribution in [2.45, 2.75) is 26.2 Å². The van der Waals surface area contributed by atoms with Crippen LogP contribution in [0.15, 0.2) is 18.2 Å². The highest BCUT2D eigenvalue weighted by Gasteiger charge is 2.16. The lowest BCUT2D eigenvalue weighted by Crippen LogP contribution is -2.33. The van der Waals surface area contributed by atoms with Crippen molar-refractivity contribution >= 4 is 18.3 Å². The van der Waals surface area contributed by atoms with E-state index < -0.39 is 7.12 Å². The lowest BCUT2D eigenvalue weighted by molar-refractivity contribution is 0.425. The number of rotatable bonds is 2. The van der Waals surface area contributed by atoms with Gasteiger partial charge >= 0.3 is 7.12 Å². The fourth-order valence-electron chi connectivity index (χ4n) is 2.33. The Morgan fingerprint density at radius 1 is 1.12 bits per heavy atom. The number of piperidine rings is 1. The quantitative estimate of drug-likeness (QED) is 0.718. The van der Waals surface area contributed by atoms with Crippen LogP contribution in [0.25, 0.3) is 0 Å². The number of hydrogen-bond acceptors (Lipinski definition) is 3. The van der Waals surface area contributed by atoms with Crippen molar-refractivity contribution in [3.8, 4) is 0 Å². The minimum atomic E-state index is -1.37. The first-order chi connectivity index (χ1) is 7.68. The van der Waals surface area contributed by atoms with Gasteiger partial charge in [0.15, 0.2) is 0 Å². The Bertz CT molecular complexity index is 362. The zero-order chi connectivity index (χ0) is 11.5. The predicted molar refractivity (Wildman–Crippen MR) is 67.1 cm³/mol. The van der Waals surface area contributed by atoms with Crippen molar-refractivity contribution in [3.63, 3.8) is 0 Å². The van der Waals surface area contributed by atoms with E-state index >= 15 is 0 Å². The molecule has 86 valence electrons. The molecule has 0 radical (unpaired) electrons. The molecule has 1 heterocycles. The number of benzene rings is 1. The summed E-state index contributed by atoms with van der Waals surface area (Å²) in [6, 6.07) is 5.64. The largest absolute Gasteiger partial charge is 0.488 e. The standard InChI is InChI=1S/C12H18BNO2/c1-10-9-11(13(15)16)5-6-12(10)14-7-3-2-4-8-14/h5-6,9,15-16H,2-4,7-8H2,1H3. The third-order valence-electron chi connectivity index (χ3n) is 3.22. The summed E-state index contributed by atoms with van der Waals surface area (Å²) in [4.78, 5) is 2.38. The molecule has 0 amide bonds. The topological polar surface area (TPSA) is 43.7 Å². The van der Waals surface area contributed by atoms with Crippen molar-refractivity contribution < 1.29 is 10.0 Å². The molecule has 0 saturated carbocycles. The van der Waals surface area contributed by atoms with Crippen molar-refractivity contribution in [2.75, 3.05) is 18.0 Å². The van der Waals surface area contributed by atoms with Gasteiger partial charge in [-0.25, -0.2) is 0 Å². The number of aryl methyl sites for hydroxylation is 1. The van der Waals surface area contributed by atoms with E-state index in [2.05, 4.69) is 4.90 Å². The highest BCUT2D eigenvalue weighted by molar-refractivity contribution is 6.58. The summed E-state index contributed by atoms with van der Waals surface area (Å²) in [6.45, 7) is 4.25. The van der Waals surface area contributed by atoms with Gasteiger partial charge in [0.05, 0.1) is 0 Å². The van der Waals surface area contributed by atoms with Crippen LogP contribution >= 0.6 is 0 Å².